The number of esters is 1. The van der Waals surface area contributed by atoms with Crippen LogP contribution in [-0.4, -0.2) is 26.5 Å². The lowest BCUT2D eigenvalue weighted by Crippen LogP contribution is -2.10. The molecule has 0 amide bonds. The van der Waals surface area contributed by atoms with E-state index in [4.69, 9.17) is 14.2 Å². The van der Waals surface area contributed by atoms with Crippen LogP contribution in [0, 0.1) is 6.92 Å². The van der Waals surface area contributed by atoms with Crippen LogP contribution in [-0.2, 0) is 9.47 Å². The Morgan fingerprint density at radius 1 is 1.38 bits per heavy atom. The lowest BCUT2D eigenvalue weighted by atomic mass is 10.1. The average molecular weight is 224 g/mol. The molecule has 0 aliphatic carbocycles. The van der Waals surface area contributed by atoms with E-state index in [0.717, 1.165) is 5.56 Å². The van der Waals surface area contributed by atoms with Crippen molar-refractivity contribution in [1.82, 2.24) is 0 Å². The van der Waals surface area contributed by atoms with Gasteiger partial charge in [0.05, 0.1) is 6.61 Å². The maximum atomic E-state index is 11.7. The van der Waals surface area contributed by atoms with Crippen LogP contribution in [0.2, 0.25) is 0 Å². The molecule has 88 valence electrons. The lowest BCUT2D eigenvalue weighted by Gasteiger charge is -2.11. The van der Waals surface area contributed by atoms with Gasteiger partial charge < -0.3 is 14.2 Å². The SMILES string of the molecule is CCOC(=O)c1c(C)cccc1OCOC. The van der Waals surface area contributed by atoms with E-state index in [1.54, 1.807) is 13.0 Å². The van der Waals surface area contributed by atoms with E-state index in [1.165, 1.54) is 7.11 Å². The molecule has 0 saturated carbocycles. The van der Waals surface area contributed by atoms with Gasteiger partial charge in [-0.3, -0.25) is 0 Å². The Balaban J connectivity index is 2.98. The van der Waals surface area contributed by atoms with E-state index in [1.807, 2.05) is 19.1 Å². The Bertz CT molecular complexity index is 360. The first kappa shape index (κ1) is 12.5. The Hall–Kier alpha value is -1.55. The molecule has 0 unspecified atom stereocenters. The number of ether oxygens (including phenoxy) is 3. The third-order valence-electron chi connectivity index (χ3n) is 2.05. The first-order chi connectivity index (χ1) is 7.70. The van der Waals surface area contributed by atoms with Gasteiger partial charge in [-0.05, 0) is 25.5 Å². The first-order valence-electron chi connectivity index (χ1n) is 5.09. The molecule has 0 aliphatic rings. The number of rotatable bonds is 5. The topological polar surface area (TPSA) is 44.8 Å². The summed E-state index contributed by atoms with van der Waals surface area (Å²) in [4.78, 5) is 11.7. The molecule has 0 saturated heterocycles. The summed E-state index contributed by atoms with van der Waals surface area (Å²) in [5, 5.41) is 0. The number of benzene rings is 1. The van der Waals surface area contributed by atoms with Gasteiger partial charge in [-0.15, -0.1) is 0 Å². The Kier molecular flexibility index (Phi) is 4.79. The molecule has 16 heavy (non-hydrogen) atoms. The number of aryl methyl sites for hydroxylation is 1. The largest absolute Gasteiger partial charge is 0.467 e. The highest BCUT2D eigenvalue weighted by atomic mass is 16.7. The van der Waals surface area contributed by atoms with Gasteiger partial charge in [-0.25, -0.2) is 4.79 Å². The summed E-state index contributed by atoms with van der Waals surface area (Å²) in [6.07, 6.45) is 0. The highest BCUT2D eigenvalue weighted by Gasteiger charge is 2.16. The van der Waals surface area contributed by atoms with Gasteiger partial charge in [-0.2, -0.15) is 0 Å². The molecule has 0 aliphatic heterocycles. The maximum Gasteiger partial charge on any atom is 0.342 e. The van der Waals surface area contributed by atoms with Crippen molar-refractivity contribution in [2.75, 3.05) is 20.5 Å². The number of carbonyl (C=O) groups excluding carboxylic acids is 1. The van der Waals surface area contributed by atoms with E-state index in [-0.39, 0.29) is 12.8 Å². The molecule has 0 N–H and O–H groups in total. The predicted molar refractivity (Wildman–Crippen MR) is 59.6 cm³/mol. The molecule has 1 aromatic carbocycles. The van der Waals surface area contributed by atoms with Crippen LogP contribution in [0.5, 0.6) is 5.75 Å². The molecular formula is C12H16O4. The van der Waals surface area contributed by atoms with Crippen LogP contribution in [0.15, 0.2) is 18.2 Å². The van der Waals surface area contributed by atoms with Gasteiger partial charge in [0.25, 0.3) is 0 Å². The lowest BCUT2D eigenvalue weighted by molar-refractivity contribution is 0.0437. The minimum absolute atomic E-state index is 0.107. The Morgan fingerprint density at radius 3 is 2.75 bits per heavy atom. The second-order valence-corrected chi connectivity index (χ2v) is 3.22. The zero-order chi connectivity index (χ0) is 12.0. The van der Waals surface area contributed by atoms with Crippen molar-refractivity contribution in [3.8, 4) is 5.75 Å². The highest BCUT2D eigenvalue weighted by Crippen LogP contribution is 2.23. The molecule has 4 nitrogen and oxygen atoms in total. The van der Waals surface area contributed by atoms with Crippen molar-refractivity contribution in [3.05, 3.63) is 29.3 Å². The summed E-state index contributed by atoms with van der Waals surface area (Å²) < 4.78 is 15.1. The van der Waals surface area contributed by atoms with Crippen molar-refractivity contribution in [3.63, 3.8) is 0 Å². The summed E-state index contributed by atoms with van der Waals surface area (Å²) in [5.74, 6) is 0.118. The maximum absolute atomic E-state index is 11.7. The summed E-state index contributed by atoms with van der Waals surface area (Å²) in [7, 11) is 1.53. The summed E-state index contributed by atoms with van der Waals surface area (Å²) in [6, 6.07) is 5.38. The van der Waals surface area contributed by atoms with Crippen molar-refractivity contribution < 1.29 is 19.0 Å². The smallest absolute Gasteiger partial charge is 0.342 e. The van der Waals surface area contributed by atoms with E-state index in [2.05, 4.69) is 0 Å². The minimum Gasteiger partial charge on any atom is -0.467 e. The molecular weight excluding hydrogens is 208 g/mol. The molecule has 4 heteroatoms. The first-order valence-corrected chi connectivity index (χ1v) is 5.09. The summed E-state index contributed by atoms with van der Waals surface area (Å²) in [5.41, 5.74) is 1.29. The fourth-order valence-corrected chi connectivity index (χ4v) is 1.35. The number of methoxy groups -OCH3 is 1. The molecule has 0 atom stereocenters. The van der Waals surface area contributed by atoms with Crippen LogP contribution in [0.3, 0.4) is 0 Å². The van der Waals surface area contributed by atoms with Crippen LogP contribution < -0.4 is 4.74 Å². The third kappa shape index (κ3) is 2.97. The second kappa shape index (κ2) is 6.12. The van der Waals surface area contributed by atoms with Crippen LogP contribution in [0.4, 0.5) is 0 Å². The van der Waals surface area contributed by atoms with E-state index in [9.17, 15) is 4.79 Å². The minimum atomic E-state index is -0.369. The van der Waals surface area contributed by atoms with Gasteiger partial charge in [0.15, 0.2) is 6.79 Å². The van der Waals surface area contributed by atoms with Crippen LogP contribution in [0.1, 0.15) is 22.8 Å². The molecule has 0 spiro atoms. The van der Waals surface area contributed by atoms with E-state index in [0.29, 0.717) is 17.9 Å². The second-order valence-electron chi connectivity index (χ2n) is 3.22. The highest BCUT2D eigenvalue weighted by molar-refractivity contribution is 5.94. The standard InChI is InChI=1S/C12H16O4/c1-4-15-12(13)11-9(2)6-5-7-10(11)16-8-14-3/h5-7H,4,8H2,1-3H3. The number of hydrogen-bond acceptors (Lipinski definition) is 4. The Labute approximate surface area is 95.1 Å². The molecule has 0 heterocycles. The summed E-state index contributed by atoms with van der Waals surface area (Å²) >= 11 is 0. The predicted octanol–water partition coefficient (Wildman–Crippen LogP) is 2.15. The van der Waals surface area contributed by atoms with Crippen molar-refractivity contribution in [2.45, 2.75) is 13.8 Å². The average Bonchev–Trinajstić information content (AvgIpc) is 2.26. The molecule has 0 bridgehead atoms. The zero-order valence-electron chi connectivity index (χ0n) is 9.78. The molecule has 0 fully saturated rings. The fourth-order valence-electron chi connectivity index (χ4n) is 1.35. The summed E-state index contributed by atoms with van der Waals surface area (Å²) in [6.45, 7) is 4.06. The normalized spacial score (nSPS) is 9.94. The monoisotopic (exact) mass is 224 g/mol. The van der Waals surface area contributed by atoms with E-state index < -0.39 is 0 Å². The zero-order valence-corrected chi connectivity index (χ0v) is 9.78. The van der Waals surface area contributed by atoms with Gasteiger partial charge in [0, 0.05) is 7.11 Å². The van der Waals surface area contributed by atoms with Gasteiger partial charge in [-0.1, -0.05) is 12.1 Å². The van der Waals surface area contributed by atoms with Crippen LogP contribution in [0.25, 0.3) is 0 Å². The number of hydrogen-bond donors (Lipinski definition) is 0. The van der Waals surface area contributed by atoms with Crippen molar-refractivity contribution in [2.24, 2.45) is 0 Å². The van der Waals surface area contributed by atoms with Gasteiger partial charge in [0.1, 0.15) is 11.3 Å². The van der Waals surface area contributed by atoms with Crippen molar-refractivity contribution in [1.29, 1.82) is 0 Å². The molecule has 0 aromatic heterocycles. The molecule has 1 aromatic rings. The fraction of sp³-hybridized carbons (Fsp3) is 0.417. The molecule has 0 radical (unpaired) electrons. The quantitative estimate of drug-likeness (QED) is 0.568. The van der Waals surface area contributed by atoms with Gasteiger partial charge >= 0.3 is 5.97 Å². The van der Waals surface area contributed by atoms with Crippen molar-refractivity contribution >= 4 is 5.97 Å². The third-order valence-corrected chi connectivity index (χ3v) is 2.05. The van der Waals surface area contributed by atoms with Gasteiger partial charge in [0.2, 0.25) is 0 Å². The molecule has 1 rings (SSSR count). The number of carbonyl (C=O) groups is 1. The Morgan fingerprint density at radius 2 is 2.12 bits per heavy atom. The van der Waals surface area contributed by atoms with E-state index >= 15 is 0 Å². The van der Waals surface area contributed by atoms with Crippen LogP contribution >= 0.6 is 0 Å².